The molecule has 9 heteroatoms. The largest absolute Gasteiger partial charge is 0.434 e. The van der Waals surface area contributed by atoms with Crippen LogP contribution in [0.5, 0.6) is 11.6 Å². The van der Waals surface area contributed by atoms with E-state index in [0.717, 1.165) is 12.1 Å². The van der Waals surface area contributed by atoms with Crippen molar-refractivity contribution in [2.75, 3.05) is 0 Å². The van der Waals surface area contributed by atoms with E-state index in [4.69, 9.17) is 4.74 Å². The standard InChI is InChI=1S/C14H10FN3O4S/c1-7(19)12-5-10-13(23-12)14(17-6-16-10)22-11-3-2-8(18(20)21)4-9(11)15/h2-7,19H,1H3. The summed E-state index contributed by atoms with van der Waals surface area (Å²) < 4.78 is 19.9. The molecule has 1 atom stereocenters. The number of rotatable bonds is 4. The molecule has 1 aromatic carbocycles. The molecule has 0 saturated carbocycles. The van der Waals surface area contributed by atoms with Crippen LogP contribution in [0, 0.1) is 15.9 Å². The first-order chi connectivity index (χ1) is 11.0. The van der Waals surface area contributed by atoms with Gasteiger partial charge in [-0.25, -0.2) is 14.4 Å². The van der Waals surface area contributed by atoms with Gasteiger partial charge in [0.15, 0.2) is 11.6 Å². The second-order valence-corrected chi connectivity index (χ2v) is 5.78. The summed E-state index contributed by atoms with van der Waals surface area (Å²) in [5, 5.41) is 20.2. The fourth-order valence-corrected chi connectivity index (χ4v) is 2.89. The number of thiophene rings is 1. The molecule has 3 rings (SSSR count). The van der Waals surface area contributed by atoms with Crippen LogP contribution in [0.25, 0.3) is 10.2 Å². The van der Waals surface area contributed by atoms with Crippen molar-refractivity contribution in [2.24, 2.45) is 0 Å². The molecule has 0 fully saturated rings. The van der Waals surface area contributed by atoms with Gasteiger partial charge in [-0.15, -0.1) is 11.3 Å². The number of non-ortho nitro benzene ring substituents is 1. The second-order valence-electron chi connectivity index (χ2n) is 4.69. The Kier molecular flexibility index (Phi) is 3.89. The van der Waals surface area contributed by atoms with Gasteiger partial charge in [-0.2, -0.15) is 0 Å². The van der Waals surface area contributed by atoms with E-state index < -0.39 is 16.8 Å². The molecular weight excluding hydrogens is 325 g/mol. The molecule has 0 aliphatic heterocycles. The summed E-state index contributed by atoms with van der Waals surface area (Å²) in [5.74, 6) is -0.916. The lowest BCUT2D eigenvalue weighted by atomic mass is 10.3. The summed E-state index contributed by atoms with van der Waals surface area (Å²) in [6, 6.07) is 4.80. The molecule has 3 aromatic rings. The van der Waals surface area contributed by atoms with Crippen LogP contribution >= 0.6 is 11.3 Å². The third kappa shape index (κ3) is 2.96. The van der Waals surface area contributed by atoms with E-state index in [9.17, 15) is 19.6 Å². The molecule has 0 bridgehead atoms. The molecule has 0 aliphatic carbocycles. The molecule has 1 unspecified atom stereocenters. The number of fused-ring (bicyclic) bond motifs is 1. The highest BCUT2D eigenvalue weighted by molar-refractivity contribution is 7.19. The number of ether oxygens (including phenoxy) is 1. The number of aliphatic hydroxyl groups excluding tert-OH is 1. The lowest BCUT2D eigenvalue weighted by Gasteiger charge is -2.06. The fourth-order valence-electron chi connectivity index (χ4n) is 1.92. The molecule has 1 N–H and O–H groups in total. The molecule has 7 nitrogen and oxygen atoms in total. The second kappa shape index (κ2) is 5.86. The lowest BCUT2D eigenvalue weighted by Crippen LogP contribution is -1.94. The van der Waals surface area contributed by atoms with Gasteiger partial charge in [-0.3, -0.25) is 10.1 Å². The van der Waals surface area contributed by atoms with Crippen LogP contribution < -0.4 is 4.74 Å². The van der Waals surface area contributed by atoms with Crippen LogP contribution in [0.15, 0.2) is 30.6 Å². The quantitative estimate of drug-likeness (QED) is 0.578. The van der Waals surface area contributed by atoms with Crippen molar-refractivity contribution >= 4 is 27.2 Å². The Morgan fingerprint density at radius 2 is 2.17 bits per heavy atom. The fraction of sp³-hybridized carbons (Fsp3) is 0.143. The summed E-state index contributed by atoms with van der Waals surface area (Å²) in [6.07, 6.45) is 0.595. The van der Waals surface area contributed by atoms with Crippen LogP contribution in [0.1, 0.15) is 17.9 Å². The Morgan fingerprint density at radius 3 is 2.83 bits per heavy atom. The number of nitro groups is 1. The maximum atomic E-state index is 13.9. The summed E-state index contributed by atoms with van der Waals surface area (Å²) in [5.41, 5.74) is 0.202. The van der Waals surface area contributed by atoms with Crippen molar-refractivity contribution < 1.29 is 19.2 Å². The van der Waals surface area contributed by atoms with Crippen LogP contribution in [0.2, 0.25) is 0 Å². The molecule has 0 spiro atoms. The number of hydrogen-bond acceptors (Lipinski definition) is 7. The van der Waals surface area contributed by atoms with Crippen molar-refractivity contribution in [1.29, 1.82) is 0 Å². The highest BCUT2D eigenvalue weighted by Crippen LogP contribution is 2.36. The van der Waals surface area contributed by atoms with Crippen LogP contribution in [-0.4, -0.2) is 20.0 Å². The van der Waals surface area contributed by atoms with Gasteiger partial charge in [0.05, 0.1) is 22.6 Å². The van der Waals surface area contributed by atoms with Gasteiger partial charge >= 0.3 is 0 Å². The van der Waals surface area contributed by atoms with Crippen molar-refractivity contribution in [3.05, 3.63) is 51.4 Å². The normalized spacial score (nSPS) is 12.3. The average molecular weight is 335 g/mol. The van der Waals surface area contributed by atoms with Crippen molar-refractivity contribution in [2.45, 2.75) is 13.0 Å². The molecule has 2 heterocycles. The van der Waals surface area contributed by atoms with Crippen LogP contribution in [0.3, 0.4) is 0 Å². The first kappa shape index (κ1) is 15.3. The first-order valence-corrected chi connectivity index (χ1v) is 7.31. The highest BCUT2D eigenvalue weighted by atomic mass is 32.1. The monoisotopic (exact) mass is 335 g/mol. The van der Waals surface area contributed by atoms with E-state index in [1.807, 2.05) is 0 Å². The first-order valence-electron chi connectivity index (χ1n) is 6.50. The van der Waals surface area contributed by atoms with E-state index in [1.165, 1.54) is 23.7 Å². The Labute approximate surface area is 133 Å². The number of hydrogen-bond donors (Lipinski definition) is 1. The molecule has 2 aromatic heterocycles. The SMILES string of the molecule is CC(O)c1cc2ncnc(Oc3ccc([N+](=O)[O-])cc3F)c2s1. The number of nitrogens with zero attached hydrogens (tertiary/aromatic N) is 3. The minimum atomic E-state index is -0.863. The van der Waals surface area contributed by atoms with Gasteiger partial charge in [0.2, 0.25) is 5.88 Å². The van der Waals surface area contributed by atoms with Gasteiger partial charge < -0.3 is 9.84 Å². The maximum Gasteiger partial charge on any atom is 0.272 e. The summed E-state index contributed by atoms with van der Waals surface area (Å²) in [4.78, 5) is 18.6. The van der Waals surface area contributed by atoms with Crippen molar-refractivity contribution in [3.8, 4) is 11.6 Å². The zero-order chi connectivity index (χ0) is 16.6. The Balaban J connectivity index is 2.00. The Bertz CT molecular complexity index is 897. The molecule has 0 amide bonds. The maximum absolute atomic E-state index is 13.9. The molecule has 0 saturated heterocycles. The van der Waals surface area contributed by atoms with Gasteiger partial charge in [-0.05, 0) is 19.1 Å². The number of nitro benzene ring substituents is 1. The van der Waals surface area contributed by atoms with Crippen LogP contribution in [0.4, 0.5) is 10.1 Å². The molecular formula is C14H10FN3O4S. The van der Waals surface area contributed by atoms with Crippen LogP contribution in [-0.2, 0) is 0 Å². The third-order valence-electron chi connectivity index (χ3n) is 3.04. The highest BCUT2D eigenvalue weighted by Gasteiger charge is 2.16. The number of aromatic nitrogens is 2. The Morgan fingerprint density at radius 1 is 1.39 bits per heavy atom. The molecule has 118 valence electrons. The summed E-state index contributed by atoms with van der Waals surface area (Å²) in [7, 11) is 0. The van der Waals surface area contributed by atoms with E-state index in [1.54, 1.807) is 13.0 Å². The third-order valence-corrected chi connectivity index (χ3v) is 4.32. The zero-order valence-corrected chi connectivity index (χ0v) is 12.6. The molecule has 0 aliphatic rings. The predicted molar refractivity (Wildman–Crippen MR) is 81.2 cm³/mol. The minimum absolute atomic E-state index is 0.125. The van der Waals surface area contributed by atoms with E-state index in [2.05, 4.69) is 9.97 Å². The average Bonchev–Trinajstić information content (AvgIpc) is 2.94. The van der Waals surface area contributed by atoms with E-state index >= 15 is 0 Å². The lowest BCUT2D eigenvalue weighted by molar-refractivity contribution is -0.385. The van der Waals surface area contributed by atoms with Gasteiger partial charge in [0.25, 0.3) is 5.69 Å². The van der Waals surface area contributed by atoms with Crippen molar-refractivity contribution in [3.63, 3.8) is 0 Å². The van der Waals surface area contributed by atoms with E-state index in [-0.39, 0.29) is 17.3 Å². The Hall–Kier alpha value is -2.65. The van der Waals surface area contributed by atoms with Crippen molar-refractivity contribution in [1.82, 2.24) is 9.97 Å². The number of benzene rings is 1. The zero-order valence-electron chi connectivity index (χ0n) is 11.8. The molecule has 23 heavy (non-hydrogen) atoms. The topological polar surface area (TPSA) is 98.4 Å². The summed E-state index contributed by atoms with van der Waals surface area (Å²) >= 11 is 1.23. The van der Waals surface area contributed by atoms with Gasteiger partial charge in [0, 0.05) is 10.9 Å². The minimum Gasteiger partial charge on any atom is -0.434 e. The number of aliphatic hydroxyl groups is 1. The predicted octanol–water partition coefficient (Wildman–Crippen LogP) is 3.58. The number of halogens is 1. The van der Waals surface area contributed by atoms with Gasteiger partial charge in [0.1, 0.15) is 11.0 Å². The molecule has 0 radical (unpaired) electrons. The van der Waals surface area contributed by atoms with E-state index in [0.29, 0.717) is 15.1 Å². The smallest absolute Gasteiger partial charge is 0.272 e. The van der Waals surface area contributed by atoms with Gasteiger partial charge in [-0.1, -0.05) is 0 Å². The summed E-state index contributed by atoms with van der Waals surface area (Å²) in [6.45, 7) is 1.62.